The Balaban J connectivity index is 1.84. The van der Waals surface area contributed by atoms with Gasteiger partial charge in [0.2, 0.25) is 11.8 Å². The normalized spacial score (nSPS) is 11.5. The first-order valence-corrected chi connectivity index (χ1v) is 9.24. The number of carbonyl (C=O) groups excluding carboxylic acids is 2. The highest BCUT2D eigenvalue weighted by Gasteiger charge is 2.19. The van der Waals surface area contributed by atoms with Crippen LogP contribution in [0.25, 0.3) is 0 Å². The Morgan fingerprint density at radius 1 is 0.964 bits per heavy atom. The highest BCUT2D eigenvalue weighted by atomic mass is 16.4. The predicted octanol–water partition coefficient (Wildman–Crippen LogP) is 2.68. The van der Waals surface area contributed by atoms with Gasteiger partial charge in [-0.25, -0.2) is 0 Å². The molecule has 0 saturated heterocycles. The fraction of sp³-hybridized carbons (Fsp3) is 0.318. The number of amides is 2. The molecule has 0 saturated carbocycles. The number of nitrogens with one attached hydrogen (secondary N) is 2. The van der Waals surface area contributed by atoms with E-state index in [1.165, 1.54) is 0 Å². The smallest absolute Gasteiger partial charge is 0.305 e. The topological polar surface area (TPSA) is 95.5 Å². The van der Waals surface area contributed by atoms with Gasteiger partial charge in [0.1, 0.15) is 0 Å². The van der Waals surface area contributed by atoms with E-state index in [0.29, 0.717) is 6.42 Å². The van der Waals surface area contributed by atoms with E-state index in [4.69, 9.17) is 5.11 Å². The molecule has 2 aromatic rings. The summed E-state index contributed by atoms with van der Waals surface area (Å²) in [5.74, 6) is -1.64. The molecule has 148 valence electrons. The van der Waals surface area contributed by atoms with E-state index >= 15 is 0 Å². The van der Waals surface area contributed by atoms with Crippen LogP contribution < -0.4 is 10.6 Å². The summed E-state index contributed by atoms with van der Waals surface area (Å²) in [6, 6.07) is 14.6. The Kier molecular flexibility index (Phi) is 7.75. The van der Waals surface area contributed by atoms with Gasteiger partial charge >= 0.3 is 5.97 Å². The van der Waals surface area contributed by atoms with Crippen LogP contribution in [0, 0.1) is 13.8 Å². The maximum Gasteiger partial charge on any atom is 0.305 e. The maximum absolute atomic E-state index is 12.2. The van der Waals surface area contributed by atoms with Gasteiger partial charge in [-0.2, -0.15) is 0 Å². The summed E-state index contributed by atoms with van der Waals surface area (Å²) in [5.41, 5.74) is 3.88. The van der Waals surface area contributed by atoms with E-state index in [2.05, 4.69) is 10.6 Å². The number of benzene rings is 2. The summed E-state index contributed by atoms with van der Waals surface area (Å²) in [6.45, 7) is 3.68. The van der Waals surface area contributed by atoms with Crippen molar-refractivity contribution in [3.63, 3.8) is 0 Å². The molecule has 2 aromatic carbocycles. The Hall–Kier alpha value is -3.15. The van der Waals surface area contributed by atoms with E-state index < -0.39 is 17.9 Å². The third-order valence-corrected chi connectivity index (χ3v) is 4.49. The Morgan fingerprint density at radius 3 is 2.29 bits per heavy atom. The van der Waals surface area contributed by atoms with Crippen molar-refractivity contribution in [2.45, 2.75) is 39.2 Å². The van der Waals surface area contributed by atoms with Gasteiger partial charge in [-0.1, -0.05) is 54.1 Å². The standard InChI is InChI=1S/C22H26N2O4/c1-15-7-9-17(10-8-15)11-12-20(25)23-14-21(26)24-19(13-22(27)28)18-6-4-3-5-16(18)2/h3-10,19H,11-14H2,1-2H3,(H,23,25)(H,24,26)(H,27,28). The van der Waals surface area contributed by atoms with Crippen LogP contribution >= 0.6 is 0 Å². The van der Waals surface area contributed by atoms with E-state index in [-0.39, 0.29) is 25.3 Å². The fourth-order valence-electron chi connectivity index (χ4n) is 2.92. The Labute approximate surface area is 165 Å². The molecule has 0 spiro atoms. The number of rotatable bonds is 9. The molecule has 0 aliphatic heterocycles. The van der Waals surface area contributed by atoms with Gasteiger partial charge in [-0.05, 0) is 37.0 Å². The maximum atomic E-state index is 12.2. The van der Waals surface area contributed by atoms with Crippen LogP contribution in [-0.4, -0.2) is 29.4 Å². The number of hydrogen-bond donors (Lipinski definition) is 3. The second-order valence-electron chi connectivity index (χ2n) is 6.84. The molecule has 0 fully saturated rings. The van der Waals surface area contributed by atoms with E-state index in [1.807, 2.05) is 50.2 Å². The molecule has 1 atom stereocenters. The van der Waals surface area contributed by atoms with Crippen LogP contribution in [0.2, 0.25) is 0 Å². The van der Waals surface area contributed by atoms with Crippen LogP contribution in [-0.2, 0) is 20.8 Å². The predicted molar refractivity (Wildman–Crippen MR) is 107 cm³/mol. The zero-order chi connectivity index (χ0) is 20.5. The van der Waals surface area contributed by atoms with Crippen LogP contribution in [0.1, 0.15) is 41.1 Å². The molecule has 1 unspecified atom stereocenters. The molecule has 2 rings (SSSR count). The lowest BCUT2D eigenvalue weighted by Gasteiger charge is -2.19. The van der Waals surface area contributed by atoms with Crippen molar-refractivity contribution >= 4 is 17.8 Å². The third kappa shape index (κ3) is 6.87. The monoisotopic (exact) mass is 382 g/mol. The number of aliphatic carboxylic acids is 1. The summed E-state index contributed by atoms with van der Waals surface area (Å²) in [4.78, 5) is 35.4. The lowest BCUT2D eigenvalue weighted by Crippen LogP contribution is -2.39. The number of carbonyl (C=O) groups is 3. The van der Waals surface area contributed by atoms with Crippen LogP contribution in [0.5, 0.6) is 0 Å². The zero-order valence-corrected chi connectivity index (χ0v) is 16.2. The first-order chi connectivity index (χ1) is 13.3. The summed E-state index contributed by atoms with van der Waals surface area (Å²) < 4.78 is 0. The Bertz CT molecular complexity index is 831. The van der Waals surface area contributed by atoms with Gasteiger partial charge < -0.3 is 15.7 Å². The molecule has 0 radical (unpaired) electrons. The first-order valence-electron chi connectivity index (χ1n) is 9.24. The van der Waals surface area contributed by atoms with E-state index in [1.54, 1.807) is 12.1 Å². The van der Waals surface area contributed by atoms with Gasteiger partial charge in [0.05, 0.1) is 19.0 Å². The summed E-state index contributed by atoms with van der Waals surface area (Å²) in [7, 11) is 0. The largest absolute Gasteiger partial charge is 0.481 e. The highest BCUT2D eigenvalue weighted by Crippen LogP contribution is 2.20. The number of aryl methyl sites for hydroxylation is 3. The molecule has 0 heterocycles. The molecule has 0 aliphatic carbocycles. The summed E-state index contributed by atoms with van der Waals surface area (Å²) in [5, 5.41) is 14.4. The van der Waals surface area contributed by atoms with Crippen LogP contribution in [0.15, 0.2) is 48.5 Å². The van der Waals surface area contributed by atoms with E-state index in [9.17, 15) is 14.4 Å². The fourth-order valence-corrected chi connectivity index (χ4v) is 2.92. The third-order valence-electron chi connectivity index (χ3n) is 4.49. The average Bonchev–Trinajstić information content (AvgIpc) is 2.65. The second-order valence-corrected chi connectivity index (χ2v) is 6.84. The molecule has 6 nitrogen and oxygen atoms in total. The quantitative estimate of drug-likeness (QED) is 0.621. The highest BCUT2D eigenvalue weighted by molar-refractivity contribution is 5.85. The minimum absolute atomic E-state index is 0.186. The lowest BCUT2D eigenvalue weighted by atomic mass is 9.99. The van der Waals surface area contributed by atoms with Crippen molar-refractivity contribution in [1.29, 1.82) is 0 Å². The number of carboxylic acids is 1. The van der Waals surface area contributed by atoms with Crippen LogP contribution in [0.3, 0.4) is 0 Å². The lowest BCUT2D eigenvalue weighted by molar-refractivity contribution is -0.138. The van der Waals surface area contributed by atoms with Crippen molar-refractivity contribution in [3.05, 3.63) is 70.8 Å². The Morgan fingerprint density at radius 2 is 1.64 bits per heavy atom. The molecule has 2 amide bonds. The van der Waals surface area contributed by atoms with Gasteiger partial charge in [0.15, 0.2) is 0 Å². The zero-order valence-electron chi connectivity index (χ0n) is 16.2. The van der Waals surface area contributed by atoms with Crippen molar-refractivity contribution in [2.75, 3.05) is 6.54 Å². The molecule has 0 bridgehead atoms. The second kappa shape index (κ2) is 10.3. The van der Waals surface area contributed by atoms with Crippen molar-refractivity contribution in [3.8, 4) is 0 Å². The average molecular weight is 382 g/mol. The number of carboxylic acid groups (broad SMARTS) is 1. The van der Waals surface area contributed by atoms with Gasteiger partial charge in [0, 0.05) is 6.42 Å². The van der Waals surface area contributed by atoms with Gasteiger partial charge in [-0.3, -0.25) is 14.4 Å². The van der Waals surface area contributed by atoms with E-state index in [0.717, 1.165) is 22.3 Å². The van der Waals surface area contributed by atoms with Crippen molar-refractivity contribution in [2.24, 2.45) is 0 Å². The van der Waals surface area contributed by atoms with Gasteiger partial charge in [0.25, 0.3) is 0 Å². The van der Waals surface area contributed by atoms with Crippen LogP contribution in [0.4, 0.5) is 0 Å². The van der Waals surface area contributed by atoms with Crippen molar-refractivity contribution in [1.82, 2.24) is 10.6 Å². The molecule has 0 aliphatic rings. The first kappa shape index (κ1) is 21.2. The minimum atomic E-state index is -1.00. The SMILES string of the molecule is Cc1ccc(CCC(=O)NCC(=O)NC(CC(=O)O)c2ccccc2C)cc1. The summed E-state index contributed by atoms with van der Waals surface area (Å²) >= 11 is 0. The summed E-state index contributed by atoms with van der Waals surface area (Å²) in [6.07, 6.45) is 0.656. The number of hydrogen-bond acceptors (Lipinski definition) is 3. The van der Waals surface area contributed by atoms with Gasteiger partial charge in [-0.15, -0.1) is 0 Å². The molecular weight excluding hydrogens is 356 g/mol. The molecule has 28 heavy (non-hydrogen) atoms. The molecule has 3 N–H and O–H groups in total. The molecular formula is C22H26N2O4. The molecule has 0 aromatic heterocycles. The minimum Gasteiger partial charge on any atom is -0.481 e. The molecule has 6 heteroatoms. The van der Waals surface area contributed by atoms with Crippen molar-refractivity contribution < 1.29 is 19.5 Å².